The third-order valence-electron chi connectivity index (χ3n) is 1.67. The highest BCUT2D eigenvalue weighted by molar-refractivity contribution is 5.98. The average Bonchev–Trinajstić information content (AvgIpc) is 2.05. The van der Waals surface area contributed by atoms with E-state index < -0.39 is 0 Å². The van der Waals surface area contributed by atoms with E-state index in [-0.39, 0.29) is 5.82 Å². The molecule has 0 amide bonds. The zero-order chi connectivity index (χ0) is 8.97. The first-order chi connectivity index (χ1) is 5.74. The maximum Gasteiger partial charge on any atom is 0.123 e. The Labute approximate surface area is 71.7 Å². The van der Waals surface area contributed by atoms with Gasteiger partial charge in [-0.25, -0.2) is 4.39 Å². The van der Waals surface area contributed by atoms with Gasteiger partial charge in [-0.05, 0) is 24.1 Å². The molecule has 0 aliphatic heterocycles. The number of rotatable bonds is 3. The van der Waals surface area contributed by atoms with Crippen LogP contribution in [0.2, 0.25) is 0 Å². The van der Waals surface area contributed by atoms with Gasteiger partial charge in [-0.15, -0.1) is 0 Å². The van der Waals surface area contributed by atoms with Crippen molar-refractivity contribution in [1.29, 1.82) is 5.41 Å². The first-order valence-electron chi connectivity index (χ1n) is 4.07. The Morgan fingerprint density at radius 3 is 2.83 bits per heavy atom. The Kier molecular flexibility index (Phi) is 2.97. The summed E-state index contributed by atoms with van der Waals surface area (Å²) in [7, 11) is 0. The molecule has 2 heteroatoms. The molecule has 1 aromatic carbocycles. The van der Waals surface area contributed by atoms with Gasteiger partial charge in [0.2, 0.25) is 0 Å². The van der Waals surface area contributed by atoms with Crippen molar-refractivity contribution in [3.05, 3.63) is 35.6 Å². The second kappa shape index (κ2) is 4.00. The molecule has 1 rings (SSSR count). The molecular formula is C10H12FN. The quantitative estimate of drug-likeness (QED) is 0.666. The van der Waals surface area contributed by atoms with Crippen molar-refractivity contribution in [3.8, 4) is 0 Å². The molecule has 0 fully saturated rings. The van der Waals surface area contributed by atoms with Gasteiger partial charge in [0, 0.05) is 5.71 Å². The zero-order valence-electron chi connectivity index (χ0n) is 7.10. The number of hydrogen-bond acceptors (Lipinski definition) is 1. The largest absolute Gasteiger partial charge is 0.305 e. The van der Waals surface area contributed by atoms with E-state index in [0.29, 0.717) is 17.7 Å². The average molecular weight is 165 g/mol. The standard InChI is InChI=1S/C10H12FN/c1-2-4-10(12)8-5-3-6-9(11)7-8/h3,5-7,12H,2,4H2,1H3. The van der Waals surface area contributed by atoms with E-state index in [2.05, 4.69) is 0 Å². The molecule has 0 heterocycles. The Morgan fingerprint density at radius 1 is 1.50 bits per heavy atom. The van der Waals surface area contributed by atoms with E-state index in [1.54, 1.807) is 12.1 Å². The number of halogens is 1. The summed E-state index contributed by atoms with van der Waals surface area (Å²) in [6.07, 6.45) is 1.64. The number of benzene rings is 1. The Bertz CT molecular complexity index is 281. The molecule has 0 aliphatic rings. The van der Waals surface area contributed by atoms with Gasteiger partial charge in [-0.2, -0.15) is 0 Å². The zero-order valence-corrected chi connectivity index (χ0v) is 7.10. The highest BCUT2D eigenvalue weighted by Gasteiger charge is 2.00. The van der Waals surface area contributed by atoms with Crippen LogP contribution in [0.1, 0.15) is 25.3 Å². The summed E-state index contributed by atoms with van der Waals surface area (Å²) in [5, 5.41) is 7.56. The van der Waals surface area contributed by atoms with E-state index in [1.165, 1.54) is 12.1 Å². The van der Waals surface area contributed by atoms with Gasteiger partial charge in [-0.3, -0.25) is 0 Å². The molecular weight excluding hydrogens is 153 g/mol. The highest BCUT2D eigenvalue weighted by Crippen LogP contribution is 2.07. The molecule has 1 aromatic rings. The minimum Gasteiger partial charge on any atom is -0.305 e. The van der Waals surface area contributed by atoms with Gasteiger partial charge in [0.25, 0.3) is 0 Å². The van der Waals surface area contributed by atoms with Gasteiger partial charge < -0.3 is 5.41 Å². The summed E-state index contributed by atoms with van der Waals surface area (Å²) < 4.78 is 12.7. The summed E-state index contributed by atoms with van der Waals surface area (Å²) in [5.74, 6) is -0.270. The van der Waals surface area contributed by atoms with Crippen molar-refractivity contribution < 1.29 is 4.39 Å². The van der Waals surface area contributed by atoms with E-state index >= 15 is 0 Å². The molecule has 0 unspecified atom stereocenters. The predicted molar refractivity (Wildman–Crippen MR) is 48.1 cm³/mol. The minimum atomic E-state index is -0.270. The van der Waals surface area contributed by atoms with Gasteiger partial charge in [-0.1, -0.05) is 25.5 Å². The maximum atomic E-state index is 12.7. The van der Waals surface area contributed by atoms with Crippen LogP contribution in [0.15, 0.2) is 24.3 Å². The summed E-state index contributed by atoms with van der Waals surface area (Å²) in [6.45, 7) is 2.01. The van der Waals surface area contributed by atoms with Crippen molar-refractivity contribution >= 4 is 5.71 Å². The topological polar surface area (TPSA) is 23.9 Å². The molecule has 0 saturated carbocycles. The predicted octanol–water partition coefficient (Wildman–Crippen LogP) is 2.99. The van der Waals surface area contributed by atoms with Crippen LogP contribution in [0.4, 0.5) is 4.39 Å². The Balaban J connectivity index is 2.81. The minimum absolute atomic E-state index is 0.270. The lowest BCUT2D eigenvalue weighted by Crippen LogP contribution is -1.97. The summed E-state index contributed by atoms with van der Waals surface area (Å²) in [4.78, 5) is 0. The molecule has 0 aromatic heterocycles. The van der Waals surface area contributed by atoms with Gasteiger partial charge >= 0.3 is 0 Å². The van der Waals surface area contributed by atoms with E-state index in [9.17, 15) is 4.39 Å². The fourth-order valence-electron chi connectivity index (χ4n) is 1.07. The maximum absolute atomic E-state index is 12.7. The Morgan fingerprint density at radius 2 is 2.25 bits per heavy atom. The van der Waals surface area contributed by atoms with Crippen LogP contribution >= 0.6 is 0 Å². The van der Waals surface area contributed by atoms with Crippen molar-refractivity contribution in [2.75, 3.05) is 0 Å². The van der Waals surface area contributed by atoms with E-state index in [0.717, 1.165) is 6.42 Å². The van der Waals surface area contributed by atoms with E-state index in [4.69, 9.17) is 5.41 Å². The highest BCUT2D eigenvalue weighted by atomic mass is 19.1. The fourth-order valence-corrected chi connectivity index (χ4v) is 1.07. The molecule has 0 saturated heterocycles. The van der Waals surface area contributed by atoms with Crippen molar-refractivity contribution in [2.24, 2.45) is 0 Å². The number of hydrogen-bond donors (Lipinski definition) is 1. The third-order valence-corrected chi connectivity index (χ3v) is 1.67. The SMILES string of the molecule is CCCC(=N)c1cccc(F)c1. The second-order valence-corrected chi connectivity index (χ2v) is 2.74. The lowest BCUT2D eigenvalue weighted by Gasteiger charge is -2.01. The monoisotopic (exact) mass is 165 g/mol. The lowest BCUT2D eigenvalue weighted by molar-refractivity contribution is 0.627. The van der Waals surface area contributed by atoms with Crippen LogP contribution in [-0.2, 0) is 0 Å². The molecule has 1 nitrogen and oxygen atoms in total. The van der Waals surface area contributed by atoms with Crippen LogP contribution in [0, 0.1) is 11.2 Å². The van der Waals surface area contributed by atoms with Crippen LogP contribution < -0.4 is 0 Å². The molecule has 0 radical (unpaired) electrons. The normalized spacial score (nSPS) is 9.83. The molecule has 0 spiro atoms. The first kappa shape index (κ1) is 8.91. The van der Waals surface area contributed by atoms with Crippen LogP contribution in [0.5, 0.6) is 0 Å². The van der Waals surface area contributed by atoms with Gasteiger partial charge in [0.1, 0.15) is 5.82 Å². The molecule has 0 bridgehead atoms. The first-order valence-corrected chi connectivity index (χ1v) is 4.07. The molecule has 1 N–H and O–H groups in total. The fraction of sp³-hybridized carbons (Fsp3) is 0.300. The summed E-state index contributed by atoms with van der Waals surface area (Å²) in [6, 6.07) is 6.19. The Hall–Kier alpha value is -1.18. The molecule has 64 valence electrons. The molecule has 0 aliphatic carbocycles. The van der Waals surface area contributed by atoms with Gasteiger partial charge in [0.15, 0.2) is 0 Å². The third kappa shape index (κ3) is 2.16. The van der Waals surface area contributed by atoms with E-state index in [1.807, 2.05) is 6.92 Å². The number of nitrogens with one attached hydrogen (secondary N) is 1. The van der Waals surface area contributed by atoms with Crippen LogP contribution in [0.25, 0.3) is 0 Å². The summed E-state index contributed by atoms with van der Waals surface area (Å²) in [5.41, 5.74) is 1.20. The second-order valence-electron chi connectivity index (χ2n) is 2.74. The van der Waals surface area contributed by atoms with Crippen molar-refractivity contribution in [1.82, 2.24) is 0 Å². The van der Waals surface area contributed by atoms with Crippen LogP contribution in [0.3, 0.4) is 0 Å². The smallest absolute Gasteiger partial charge is 0.123 e. The lowest BCUT2D eigenvalue weighted by atomic mass is 10.1. The van der Waals surface area contributed by atoms with Crippen LogP contribution in [-0.4, -0.2) is 5.71 Å². The van der Waals surface area contributed by atoms with Gasteiger partial charge in [0.05, 0.1) is 0 Å². The van der Waals surface area contributed by atoms with Crippen molar-refractivity contribution in [3.63, 3.8) is 0 Å². The molecule has 0 atom stereocenters. The molecule has 12 heavy (non-hydrogen) atoms. The van der Waals surface area contributed by atoms with Crippen molar-refractivity contribution in [2.45, 2.75) is 19.8 Å². The summed E-state index contributed by atoms with van der Waals surface area (Å²) >= 11 is 0.